The Labute approximate surface area is 264 Å². The number of imide groups is 2. The van der Waals surface area contributed by atoms with Crippen LogP contribution in [-0.4, -0.2) is 52.0 Å². The Bertz CT molecular complexity index is 1710. The summed E-state index contributed by atoms with van der Waals surface area (Å²) in [4.78, 5) is 68.7. The molecule has 2 aliphatic heterocycles. The van der Waals surface area contributed by atoms with Crippen LogP contribution in [0.15, 0.2) is 97.1 Å². The molecule has 9 heteroatoms. The molecule has 228 valence electrons. The van der Waals surface area contributed by atoms with Crippen LogP contribution >= 0.6 is 0 Å². The molecule has 2 fully saturated rings. The molecule has 46 heavy (non-hydrogen) atoms. The number of hydrogen-bond acceptors (Lipinski definition) is 7. The van der Waals surface area contributed by atoms with Gasteiger partial charge >= 0.3 is 6.16 Å². The van der Waals surface area contributed by atoms with E-state index in [0.29, 0.717) is 0 Å². The van der Waals surface area contributed by atoms with Crippen LogP contribution in [-0.2, 0) is 28.7 Å². The van der Waals surface area contributed by atoms with E-state index in [2.05, 4.69) is 0 Å². The first-order chi connectivity index (χ1) is 22.4. The minimum Gasteiger partial charge on any atom is -0.409 e. The Hall–Kier alpha value is -5.57. The smallest absolute Gasteiger partial charge is 0.409 e. The van der Waals surface area contributed by atoms with Crippen molar-refractivity contribution in [3.05, 3.63) is 119 Å². The minimum atomic E-state index is -1.35. The van der Waals surface area contributed by atoms with Crippen molar-refractivity contribution >= 4 is 29.8 Å². The van der Waals surface area contributed by atoms with Gasteiger partial charge in [-0.1, -0.05) is 97.1 Å². The second kappa shape index (κ2) is 10.8. The van der Waals surface area contributed by atoms with Crippen molar-refractivity contribution in [2.24, 2.45) is 0 Å². The SMILES string of the molecule is O=C(OC(C1c2ccccc2-c2ccccc21)N1C(=O)CCC1=O)OC(C1c2ccccc2-c2ccccc21)N1C(=O)CCC1=O. The van der Waals surface area contributed by atoms with Crippen molar-refractivity contribution in [3.8, 4) is 22.3 Å². The minimum absolute atomic E-state index is 0.00119. The molecule has 0 aromatic heterocycles. The van der Waals surface area contributed by atoms with Gasteiger partial charge in [0.15, 0.2) is 12.5 Å². The second-order valence-corrected chi connectivity index (χ2v) is 11.9. The van der Waals surface area contributed by atoms with Crippen molar-refractivity contribution in [1.29, 1.82) is 0 Å². The molecule has 0 radical (unpaired) electrons. The van der Waals surface area contributed by atoms with Gasteiger partial charge in [-0.25, -0.2) is 14.6 Å². The van der Waals surface area contributed by atoms with Gasteiger partial charge in [-0.3, -0.25) is 19.2 Å². The molecule has 0 spiro atoms. The highest BCUT2D eigenvalue weighted by Crippen LogP contribution is 2.50. The summed E-state index contributed by atoms with van der Waals surface area (Å²) in [5.74, 6) is -3.16. The van der Waals surface area contributed by atoms with E-state index in [9.17, 15) is 24.0 Å². The fourth-order valence-electron chi connectivity index (χ4n) is 7.52. The van der Waals surface area contributed by atoms with Crippen molar-refractivity contribution < 1.29 is 33.4 Å². The molecule has 4 aromatic rings. The number of carbonyl (C=O) groups excluding carboxylic acids is 5. The van der Waals surface area contributed by atoms with Gasteiger partial charge in [-0.2, -0.15) is 0 Å². The normalized spacial score (nSPS) is 18.3. The van der Waals surface area contributed by atoms with Gasteiger partial charge in [0.05, 0.1) is 11.8 Å². The molecule has 2 heterocycles. The Morgan fingerprint density at radius 3 is 1.02 bits per heavy atom. The molecule has 0 bridgehead atoms. The van der Waals surface area contributed by atoms with Gasteiger partial charge < -0.3 is 9.47 Å². The summed E-state index contributed by atoms with van der Waals surface area (Å²) in [7, 11) is 0. The van der Waals surface area contributed by atoms with E-state index < -0.39 is 54.1 Å². The van der Waals surface area contributed by atoms with E-state index in [1.807, 2.05) is 97.1 Å². The van der Waals surface area contributed by atoms with Gasteiger partial charge in [0.1, 0.15) is 0 Å². The van der Waals surface area contributed by atoms with E-state index in [4.69, 9.17) is 9.47 Å². The highest BCUT2D eigenvalue weighted by atomic mass is 16.7. The monoisotopic (exact) mass is 612 g/mol. The first-order valence-electron chi connectivity index (χ1n) is 15.4. The lowest BCUT2D eigenvalue weighted by Gasteiger charge is -2.34. The van der Waals surface area contributed by atoms with Crippen molar-refractivity contribution in [2.75, 3.05) is 0 Å². The van der Waals surface area contributed by atoms with Gasteiger partial charge in [0.2, 0.25) is 23.6 Å². The van der Waals surface area contributed by atoms with Gasteiger partial charge in [0.25, 0.3) is 0 Å². The lowest BCUT2D eigenvalue weighted by molar-refractivity contribution is -0.157. The number of fused-ring (bicyclic) bond motifs is 6. The molecule has 4 aliphatic rings. The molecular formula is C37H28N2O7. The zero-order valence-corrected chi connectivity index (χ0v) is 24.6. The first-order valence-corrected chi connectivity index (χ1v) is 15.4. The lowest BCUT2D eigenvalue weighted by atomic mass is 9.94. The molecule has 8 rings (SSSR count). The highest BCUT2D eigenvalue weighted by molar-refractivity contribution is 6.03. The molecule has 9 nitrogen and oxygen atoms in total. The number of rotatable bonds is 6. The summed E-state index contributed by atoms with van der Waals surface area (Å²) >= 11 is 0. The van der Waals surface area contributed by atoms with Crippen molar-refractivity contribution in [2.45, 2.75) is 50.0 Å². The molecule has 0 N–H and O–H groups in total. The number of likely N-dealkylation sites (tertiary alicyclic amines) is 2. The number of carbonyl (C=O) groups is 5. The standard InChI is InChI=1S/C37H28N2O7/c40-29-17-18-30(41)38(29)35(33-25-13-5-1-9-21(25)22-10-2-6-14-26(22)33)45-37(44)46-36(39-31(42)19-20-32(39)43)34-27-15-7-3-11-23(27)24-12-4-8-16-28(24)34/h1-16,33-36H,17-20H2. The summed E-state index contributed by atoms with van der Waals surface area (Å²) in [5, 5.41) is 0. The fourth-order valence-corrected chi connectivity index (χ4v) is 7.52. The number of ether oxygens (including phenoxy) is 2. The summed E-state index contributed by atoms with van der Waals surface area (Å²) < 4.78 is 12.1. The Morgan fingerprint density at radius 1 is 0.478 bits per heavy atom. The van der Waals surface area contributed by atoms with E-state index in [1.54, 1.807) is 0 Å². The van der Waals surface area contributed by atoms with Crippen LogP contribution in [0, 0.1) is 0 Å². The topological polar surface area (TPSA) is 110 Å². The summed E-state index contributed by atoms with van der Waals surface area (Å²) in [6.45, 7) is 0. The van der Waals surface area contributed by atoms with Crippen molar-refractivity contribution in [3.63, 3.8) is 0 Å². The molecule has 2 atom stereocenters. The third-order valence-electron chi connectivity index (χ3n) is 9.46. The van der Waals surface area contributed by atoms with Gasteiger partial charge in [-0.15, -0.1) is 0 Å². The van der Waals surface area contributed by atoms with Crippen LogP contribution < -0.4 is 0 Å². The average molecular weight is 613 g/mol. The molecular weight excluding hydrogens is 584 g/mol. The van der Waals surface area contributed by atoms with E-state index in [-0.39, 0.29) is 25.7 Å². The average Bonchev–Trinajstić information content (AvgIpc) is 3.79. The molecule has 2 aliphatic carbocycles. The van der Waals surface area contributed by atoms with Crippen LogP contribution in [0.25, 0.3) is 22.3 Å². The van der Waals surface area contributed by atoms with E-state index >= 15 is 0 Å². The van der Waals surface area contributed by atoms with E-state index in [0.717, 1.165) is 54.3 Å². The molecule has 4 aromatic carbocycles. The summed E-state index contributed by atoms with van der Waals surface area (Å²) in [5.41, 5.74) is 6.85. The van der Waals surface area contributed by atoms with E-state index in [1.165, 1.54) is 0 Å². The third kappa shape index (κ3) is 4.26. The van der Waals surface area contributed by atoms with Crippen LogP contribution in [0.3, 0.4) is 0 Å². The van der Waals surface area contributed by atoms with Gasteiger partial charge in [0, 0.05) is 25.7 Å². The lowest BCUT2D eigenvalue weighted by Crippen LogP contribution is -2.49. The number of hydrogen-bond donors (Lipinski definition) is 0. The predicted molar refractivity (Wildman–Crippen MR) is 165 cm³/mol. The highest BCUT2D eigenvalue weighted by Gasteiger charge is 2.49. The number of benzene rings is 4. The third-order valence-corrected chi connectivity index (χ3v) is 9.46. The predicted octanol–water partition coefficient (Wildman–Crippen LogP) is 5.71. The zero-order chi connectivity index (χ0) is 31.5. The maximum atomic E-state index is 14.0. The molecule has 2 saturated heterocycles. The Kier molecular flexibility index (Phi) is 6.56. The van der Waals surface area contributed by atoms with Crippen LogP contribution in [0.1, 0.15) is 59.8 Å². The largest absolute Gasteiger partial charge is 0.512 e. The number of nitrogens with zero attached hydrogens (tertiary/aromatic N) is 2. The summed E-state index contributed by atoms with van der Waals surface area (Å²) in [6, 6.07) is 30.4. The molecule has 0 saturated carbocycles. The van der Waals surface area contributed by atoms with Crippen LogP contribution in [0.4, 0.5) is 4.79 Å². The zero-order valence-electron chi connectivity index (χ0n) is 24.6. The van der Waals surface area contributed by atoms with Gasteiger partial charge in [-0.05, 0) is 44.5 Å². The second-order valence-electron chi connectivity index (χ2n) is 11.9. The molecule has 2 unspecified atom stereocenters. The number of amides is 4. The van der Waals surface area contributed by atoms with Crippen LogP contribution in [0.2, 0.25) is 0 Å². The maximum absolute atomic E-state index is 14.0. The fraction of sp³-hybridized carbons (Fsp3) is 0.216. The maximum Gasteiger partial charge on any atom is 0.512 e. The summed E-state index contributed by atoms with van der Waals surface area (Å²) in [6.07, 6.45) is -3.91. The first kappa shape index (κ1) is 27.9. The Balaban J connectivity index is 1.20. The van der Waals surface area contributed by atoms with Crippen molar-refractivity contribution in [1.82, 2.24) is 9.80 Å². The molecule has 4 amide bonds. The van der Waals surface area contributed by atoms with Crippen LogP contribution in [0.5, 0.6) is 0 Å². The quantitative estimate of drug-likeness (QED) is 0.203. The Morgan fingerprint density at radius 2 is 0.739 bits per heavy atom.